The number of hydrogen-bond donors (Lipinski definition) is 2. The van der Waals surface area contributed by atoms with Gasteiger partial charge >= 0.3 is 0 Å². The van der Waals surface area contributed by atoms with Crippen molar-refractivity contribution >= 4 is 5.69 Å². The molecule has 0 fully saturated rings. The van der Waals surface area contributed by atoms with Crippen molar-refractivity contribution in [3.8, 4) is 11.8 Å². The summed E-state index contributed by atoms with van der Waals surface area (Å²) in [4.78, 5) is 0. The zero-order chi connectivity index (χ0) is 12.9. The number of nitriles is 1. The predicted molar refractivity (Wildman–Crippen MR) is 67.1 cm³/mol. The van der Waals surface area contributed by atoms with Gasteiger partial charge in [-0.1, -0.05) is 13.8 Å². The average Bonchev–Trinajstić information content (AvgIpc) is 2.36. The Labute approximate surface area is 102 Å². The second kappa shape index (κ2) is 5.55. The predicted octanol–water partition coefficient (Wildman–Crippen LogP) is 2.00. The molecule has 0 bridgehead atoms. The van der Waals surface area contributed by atoms with E-state index in [9.17, 15) is 0 Å². The van der Waals surface area contributed by atoms with Gasteiger partial charge in [-0.15, -0.1) is 0 Å². The molecule has 1 aromatic carbocycles. The lowest BCUT2D eigenvalue weighted by Gasteiger charge is -2.23. The average molecular weight is 234 g/mol. The molecular formula is C13H18N2O2. The SMILES string of the molecule is COc1cc(C#N)ccc1NCC(C)(C)CO. The molecule has 2 N–H and O–H groups in total. The van der Waals surface area contributed by atoms with Crippen LogP contribution in [0.4, 0.5) is 5.69 Å². The van der Waals surface area contributed by atoms with Crippen molar-refractivity contribution in [3.63, 3.8) is 0 Å². The smallest absolute Gasteiger partial charge is 0.143 e. The number of aliphatic hydroxyl groups excluding tert-OH is 1. The van der Waals surface area contributed by atoms with Gasteiger partial charge in [0.25, 0.3) is 0 Å². The van der Waals surface area contributed by atoms with E-state index < -0.39 is 0 Å². The maximum Gasteiger partial charge on any atom is 0.143 e. The number of benzene rings is 1. The Morgan fingerprint density at radius 2 is 2.18 bits per heavy atom. The fourth-order valence-corrected chi connectivity index (χ4v) is 1.30. The number of rotatable bonds is 5. The van der Waals surface area contributed by atoms with Crippen LogP contribution in [0.1, 0.15) is 19.4 Å². The Morgan fingerprint density at radius 3 is 2.71 bits per heavy atom. The second-order valence-corrected chi connectivity index (χ2v) is 4.70. The van der Waals surface area contributed by atoms with Gasteiger partial charge in [-0.2, -0.15) is 5.26 Å². The van der Waals surface area contributed by atoms with Crippen LogP contribution in [0.5, 0.6) is 5.75 Å². The van der Waals surface area contributed by atoms with E-state index in [-0.39, 0.29) is 12.0 Å². The summed E-state index contributed by atoms with van der Waals surface area (Å²) < 4.78 is 5.21. The van der Waals surface area contributed by atoms with Crippen LogP contribution in [-0.4, -0.2) is 25.4 Å². The summed E-state index contributed by atoms with van der Waals surface area (Å²) in [6.07, 6.45) is 0. The lowest BCUT2D eigenvalue weighted by atomic mass is 9.95. The lowest BCUT2D eigenvalue weighted by molar-refractivity contribution is 0.170. The third-order valence-corrected chi connectivity index (χ3v) is 2.52. The number of methoxy groups -OCH3 is 1. The molecule has 0 heterocycles. The second-order valence-electron chi connectivity index (χ2n) is 4.70. The van der Waals surface area contributed by atoms with Crippen molar-refractivity contribution in [2.75, 3.05) is 25.6 Å². The third-order valence-electron chi connectivity index (χ3n) is 2.52. The maximum absolute atomic E-state index is 9.17. The molecule has 1 rings (SSSR count). The number of nitrogens with one attached hydrogen (secondary N) is 1. The number of hydrogen-bond acceptors (Lipinski definition) is 4. The molecule has 4 heteroatoms. The third kappa shape index (κ3) is 3.65. The Hall–Kier alpha value is -1.73. The summed E-state index contributed by atoms with van der Waals surface area (Å²) in [7, 11) is 1.57. The van der Waals surface area contributed by atoms with Gasteiger partial charge in [-0.3, -0.25) is 0 Å². The van der Waals surface area contributed by atoms with Crippen LogP contribution in [0.2, 0.25) is 0 Å². The molecule has 4 nitrogen and oxygen atoms in total. The van der Waals surface area contributed by atoms with Crippen molar-refractivity contribution in [2.24, 2.45) is 5.41 Å². The highest BCUT2D eigenvalue weighted by atomic mass is 16.5. The summed E-state index contributed by atoms with van der Waals surface area (Å²) >= 11 is 0. The molecule has 0 aliphatic heterocycles. The van der Waals surface area contributed by atoms with Crippen molar-refractivity contribution < 1.29 is 9.84 Å². The Kier molecular flexibility index (Phi) is 4.36. The first kappa shape index (κ1) is 13.3. The number of anilines is 1. The van der Waals surface area contributed by atoms with Crippen LogP contribution >= 0.6 is 0 Å². The van der Waals surface area contributed by atoms with Crippen molar-refractivity contribution in [3.05, 3.63) is 23.8 Å². The van der Waals surface area contributed by atoms with E-state index in [1.54, 1.807) is 19.2 Å². The molecule has 0 aliphatic rings. The van der Waals surface area contributed by atoms with Gasteiger partial charge in [0, 0.05) is 24.6 Å². The Morgan fingerprint density at radius 1 is 1.47 bits per heavy atom. The molecule has 0 spiro atoms. The summed E-state index contributed by atoms with van der Waals surface area (Å²) in [6.45, 7) is 4.68. The summed E-state index contributed by atoms with van der Waals surface area (Å²) in [5.41, 5.74) is 1.20. The standard InChI is InChI=1S/C13H18N2O2/c1-13(2,9-16)8-15-11-5-4-10(7-14)6-12(11)17-3/h4-6,15-16H,8-9H2,1-3H3. The highest BCUT2D eigenvalue weighted by Gasteiger charge is 2.16. The molecule has 0 saturated heterocycles. The Bertz CT molecular complexity index is 422. The van der Waals surface area contributed by atoms with Gasteiger partial charge in [-0.25, -0.2) is 0 Å². The van der Waals surface area contributed by atoms with E-state index in [2.05, 4.69) is 11.4 Å². The van der Waals surface area contributed by atoms with Crippen molar-refractivity contribution in [1.29, 1.82) is 5.26 Å². The van der Waals surface area contributed by atoms with Crippen LogP contribution in [0.3, 0.4) is 0 Å². The van der Waals surface area contributed by atoms with E-state index >= 15 is 0 Å². The fraction of sp³-hybridized carbons (Fsp3) is 0.462. The summed E-state index contributed by atoms with van der Waals surface area (Å²) in [5, 5.41) is 21.2. The zero-order valence-corrected chi connectivity index (χ0v) is 10.4. The lowest BCUT2D eigenvalue weighted by Crippen LogP contribution is -2.26. The molecule has 0 aromatic heterocycles. The minimum atomic E-state index is -0.196. The van der Waals surface area contributed by atoms with Gasteiger partial charge in [0.05, 0.1) is 24.4 Å². The van der Waals surface area contributed by atoms with Crippen LogP contribution < -0.4 is 10.1 Å². The van der Waals surface area contributed by atoms with Gasteiger partial charge in [0.2, 0.25) is 0 Å². The minimum absolute atomic E-state index is 0.110. The zero-order valence-electron chi connectivity index (χ0n) is 10.4. The first-order chi connectivity index (χ1) is 8.02. The molecule has 0 radical (unpaired) electrons. The highest BCUT2D eigenvalue weighted by Crippen LogP contribution is 2.26. The first-order valence-corrected chi connectivity index (χ1v) is 5.45. The molecule has 0 amide bonds. The number of nitrogens with zero attached hydrogens (tertiary/aromatic N) is 1. The van der Waals surface area contributed by atoms with Crippen LogP contribution in [0.25, 0.3) is 0 Å². The number of aliphatic hydroxyl groups is 1. The quantitative estimate of drug-likeness (QED) is 0.817. The van der Waals surface area contributed by atoms with Crippen molar-refractivity contribution in [1.82, 2.24) is 0 Å². The maximum atomic E-state index is 9.17. The van der Waals surface area contributed by atoms with E-state index in [1.807, 2.05) is 19.9 Å². The van der Waals surface area contributed by atoms with Crippen LogP contribution in [0.15, 0.2) is 18.2 Å². The fourth-order valence-electron chi connectivity index (χ4n) is 1.30. The van der Waals surface area contributed by atoms with E-state index in [1.165, 1.54) is 0 Å². The molecule has 0 aliphatic carbocycles. The number of ether oxygens (including phenoxy) is 1. The highest BCUT2D eigenvalue weighted by molar-refractivity contribution is 5.59. The molecule has 0 saturated carbocycles. The largest absolute Gasteiger partial charge is 0.495 e. The summed E-state index contributed by atoms with van der Waals surface area (Å²) in [5.74, 6) is 0.637. The Balaban J connectivity index is 2.82. The van der Waals surface area contributed by atoms with Crippen LogP contribution in [-0.2, 0) is 0 Å². The topological polar surface area (TPSA) is 65.3 Å². The molecule has 1 aromatic rings. The molecule has 0 unspecified atom stereocenters. The van der Waals surface area contributed by atoms with Crippen molar-refractivity contribution in [2.45, 2.75) is 13.8 Å². The molecule has 92 valence electrons. The molecule has 17 heavy (non-hydrogen) atoms. The van der Waals surface area contributed by atoms with E-state index in [0.29, 0.717) is 17.9 Å². The van der Waals surface area contributed by atoms with Gasteiger partial charge < -0.3 is 15.2 Å². The van der Waals surface area contributed by atoms with E-state index in [0.717, 1.165) is 5.69 Å². The first-order valence-electron chi connectivity index (χ1n) is 5.45. The molecule has 0 atom stereocenters. The van der Waals surface area contributed by atoms with Gasteiger partial charge in [0.15, 0.2) is 0 Å². The monoisotopic (exact) mass is 234 g/mol. The van der Waals surface area contributed by atoms with Gasteiger partial charge in [0.1, 0.15) is 5.75 Å². The van der Waals surface area contributed by atoms with Crippen LogP contribution in [0, 0.1) is 16.7 Å². The molecular weight excluding hydrogens is 216 g/mol. The van der Waals surface area contributed by atoms with Gasteiger partial charge in [-0.05, 0) is 12.1 Å². The summed E-state index contributed by atoms with van der Waals surface area (Å²) in [6, 6.07) is 7.30. The van der Waals surface area contributed by atoms with E-state index in [4.69, 9.17) is 15.1 Å². The minimum Gasteiger partial charge on any atom is -0.495 e. The normalized spacial score (nSPS) is 10.8.